The molecule has 1 aliphatic rings. The summed E-state index contributed by atoms with van der Waals surface area (Å²) < 4.78 is 32.6. The molecule has 0 amide bonds. The largest absolute Gasteiger partial charge is 0.470 e. The number of benzene rings is 2. The van der Waals surface area contributed by atoms with E-state index in [0.29, 0.717) is 17.1 Å². The van der Waals surface area contributed by atoms with Crippen molar-refractivity contribution in [1.29, 1.82) is 0 Å². The van der Waals surface area contributed by atoms with Gasteiger partial charge in [-0.1, -0.05) is 30.3 Å². The quantitative estimate of drug-likeness (QED) is 0.943. The zero-order valence-corrected chi connectivity index (χ0v) is 12.2. The Hall–Kier alpha value is -2.05. The molecule has 2 aromatic carbocycles. The van der Waals surface area contributed by atoms with Crippen LogP contribution >= 0.6 is 0 Å². The molecular formula is C15H16N2O3S. The molecule has 0 unspecified atom stereocenters. The van der Waals surface area contributed by atoms with E-state index in [1.165, 1.54) is 4.31 Å². The number of para-hydroxylation sites is 3. The summed E-state index contributed by atoms with van der Waals surface area (Å²) in [5, 5.41) is 0. The van der Waals surface area contributed by atoms with Gasteiger partial charge in [-0.3, -0.25) is 0 Å². The van der Waals surface area contributed by atoms with Gasteiger partial charge in [-0.15, -0.1) is 0 Å². The fourth-order valence-corrected chi connectivity index (χ4v) is 4.11. The third kappa shape index (κ3) is 2.36. The number of nitrogens with two attached hydrogens (primary N) is 1. The lowest BCUT2D eigenvalue weighted by atomic mass is 10.2. The first kappa shape index (κ1) is 13.9. The zero-order valence-electron chi connectivity index (χ0n) is 11.3. The SMILES string of the molecule is NCC[C@H]1Oc2ccccc2N(c2ccccc2)S1(=O)=O. The molecular weight excluding hydrogens is 288 g/mol. The summed E-state index contributed by atoms with van der Waals surface area (Å²) in [4.78, 5) is 0. The molecule has 0 spiro atoms. The number of hydrogen-bond acceptors (Lipinski definition) is 4. The molecule has 0 aliphatic carbocycles. The molecule has 5 nitrogen and oxygen atoms in total. The Labute approximate surface area is 124 Å². The summed E-state index contributed by atoms with van der Waals surface area (Å²) in [5.41, 5.74) is 5.68. The fraction of sp³-hybridized carbons (Fsp3) is 0.200. The van der Waals surface area contributed by atoms with Crippen LogP contribution in [0.5, 0.6) is 5.75 Å². The molecule has 1 aliphatic heterocycles. The number of hydrogen-bond donors (Lipinski definition) is 1. The summed E-state index contributed by atoms with van der Waals surface area (Å²) in [6.07, 6.45) is 0.250. The first-order chi connectivity index (χ1) is 10.1. The number of nitrogens with zero attached hydrogens (tertiary/aromatic N) is 1. The molecule has 2 aromatic rings. The maximum Gasteiger partial charge on any atom is 0.278 e. The average molecular weight is 304 g/mol. The lowest BCUT2D eigenvalue weighted by Crippen LogP contribution is -2.43. The van der Waals surface area contributed by atoms with E-state index in [9.17, 15) is 8.42 Å². The summed E-state index contributed by atoms with van der Waals surface area (Å²) in [7, 11) is -3.66. The van der Waals surface area contributed by atoms with Crippen LogP contribution in [0.15, 0.2) is 54.6 Å². The molecule has 0 saturated heterocycles. The number of rotatable bonds is 3. The normalized spacial score (nSPS) is 19.7. The molecule has 6 heteroatoms. The number of sulfonamides is 1. The minimum atomic E-state index is -3.66. The standard InChI is InChI=1S/C15H16N2O3S/c16-11-10-15-20-14-9-5-4-8-13(14)17(21(15,18)19)12-6-2-1-3-7-12/h1-9,15H,10-11,16H2/t15-/m0/s1. The highest BCUT2D eigenvalue weighted by atomic mass is 32.2. The van der Waals surface area contributed by atoms with Crippen LogP contribution < -0.4 is 14.8 Å². The van der Waals surface area contributed by atoms with Gasteiger partial charge in [0.15, 0.2) is 0 Å². The lowest BCUT2D eigenvalue weighted by molar-refractivity contribution is 0.261. The van der Waals surface area contributed by atoms with Gasteiger partial charge < -0.3 is 10.5 Å². The molecule has 0 aromatic heterocycles. The van der Waals surface area contributed by atoms with Gasteiger partial charge in [-0.25, -0.2) is 12.7 Å². The van der Waals surface area contributed by atoms with Crippen LogP contribution in [-0.4, -0.2) is 20.4 Å². The smallest absolute Gasteiger partial charge is 0.278 e. The van der Waals surface area contributed by atoms with Crippen molar-refractivity contribution in [2.45, 2.75) is 11.9 Å². The van der Waals surface area contributed by atoms with Crippen LogP contribution in [0.1, 0.15) is 6.42 Å². The predicted octanol–water partition coefficient (Wildman–Crippen LogP) is 2.22. The Bertz CT molecular complexity index is 732. The third-order valence-electron chi connectivity index (χ3n) is 3.32. The molecule has 0 radical (unpaired) electrons. The highest BCUT2D eigenvalue weighted by Gasteiger charge is 2.40. The Morgan fingerprint density at radius 1 is 1.05 bits per heavy atom. The van der Waals surface area contributed by atoms with E-state index in [1.54, 1.807) is 42.5 Å². The average Bonchev–Trinajstić information content (AvgIpc) is 2.49. The Morgan fingerprint density at radius 3 is 2.43 bits per heavy atom. The molecule has 1 atom stereocenters. The number of ether oxygens (including phenoxy) is 1. The van der Waals surface area contributed by atoms with Crippen molar-refractivity contribution in [2.75, 3.05) is 10.8 Å². The van der Waals surface area contributed by atoms with Crippen molar-refractivity contribution >= 4 is 21.4 Å². The second kappa shape index (κ2) is 5.38. The molecule has 0 bridgehead atoms. The van der Waals surface area contributed by atoms with Gasteiger partial charge in [0.25, 0.3) is 10.0 Å². The van der Waals surface area contributed by atoms with Crippen LogP contribution in [-0.2, 0) is 10.0 Å². The van der Waals surface area contributed by atoms with E-state index in [0.717, 1.165) is 0 Å². The number of fused-ring (bicyclic) bond motifs is 1. The summed E-state index contributed by atoms with van der Waals surface area (Å²) in [6.45, 7) is 0.245. The second-order valence-electron chi connectivity index (χ2n) is 4.74. The molecule has 21 heavy (non-hydrogen) atoms. The van der Waals surface area contributed by atoms with Crippen LogP contribution in [0.4, 0.5) is 11.4 Å². The molecule has 110 valence electrons. The maximum atomic E-state index is 12.8. The summed E-state index contributed by atoms with van der Waals surface area (Å²) in [5.74, 6) is 0.551. The van der Waals surface area contributed by atoms with Gasteiger partial charge in [0.05, 0.1) is 11.4 Å². The van der Waals surface area contributed by atoms with E-state index in [1.807, 2.05) is 12.1 Å². The molecule has 2 N–H and O–H groups in total. The summed E-state index contributed by atoms with van der Waals surface area (Å²) >= 11 is 0. The number of anilines is 2. The van der Waals surface area contributed by atoms with Crippen LogP contribution in [0.2, 0.25) is 0 Å². The Kier molecular flexibility index (Phi) is 3.57. The Morgan fingerprint density at radius 2 is 1.71 bits per heavy atom. The van der Waals surface area contributed by atoms with Gasteiger partial charge in [-0.05, 0) is 30.8 Å². The highest BCUT2D eigenvalue weighted by Crippen LogP contribution is 2.42. The molecule has 0 saturated carbocycles. The van der Waals surface area contributed by atoms with Gasteiger partial charge in [-0.2, -0.15) is 0 Å². The van der Waals surface area contributed by atoms with Crippen molar-refractivity contribution < 1.29 is 13.2 Å². The van der Waals surface area contributed by atoms with Crippen molar-refractivity contribution in [2.24, 2.45) is 5.73 Å². The lowest BCUT2D eigenvalue weighted by Gasteiger charge is -2.35. The molecule has 1 heterocycles. The molecule has 3 rings (SSSR count). The second-order valence-corrected chi connectivity index (χ2v) is 6.66. The van der Waals surface area contributed by atoms with E-state index < -0.39 is 15.5 Å². The van der Waals surface area contributed by atoms with Gasteiger partial charge in [0.2, 0.25) is 5.44 Å². The first-order valence-electron chi connectivity index (χ1n) is 6.69. The van der Waals surface area contributed by atoms with E-state index >= 15 is 0 Å². The fourth-order valence-electron chi connectivity index (χ4n) is 2.38. The topological polar surface area (TPSA) is 72.6 Å². The van der Waals surface area contributed by atoms with Gasteiger partial charge in [0, 0.05) is 6.42 Å². The highest BCUT2D eigenvalue weighted by molar-refractivity contribution is 7.93. The van der Waals surface area contributed by atoms with E-state index in [2.05, 4.69) is 0 Å². The third-order valence-corrected chi connectivity index (χ3v) is 5.24. The minimum absolute atomic E-state index is 0.245. The molecule has 0 fully saturated rings. The van der Waals surface area contributed by atoms with Crippen molar-refractivity contribution in [3.05, 3.63) is 54.6 Å². The summed E-state index contributed by atoms with van der Waals surface area (Å²) in [6, 6.07) is 16.1. The first-order valence-corrected chi connectivity index (χ1v) is 8.20. The minimum Gasteiger partial charge on any atom is -0.470 e. The maximum absolute atomic E-state index is 12.8. The zero-order chi connectivity index (χ0) is 14.9. The van der Waals surface area contributed by atoms with Crippen molar-refractivity contribution in [1.82, 2.24) is 0 Å². The van der Waals surface area contributed by atoms with E-state index in [-0.39, 0.29) is 13.0 Å². The van der Waals surface area contributed by atoms with Crippen molar-refractivity contribution in [3.63, 3.8) is 0 Å². The van der Waals surface area contributed by atoms with Crippen LogP contribution in [0.25, 0.3) is 0 Å². The van der Waals surface area contributed by atoms with Crippen molar-refractivity contribution in [3.8, 4) is 5.75 Å². The van der Waals surface area contributed by atoms with Gasteiger partial charge >= 0.3 is 0 Å². The van der Waals surface area contributed by atoms with Crippen LogP contribution in [0, 0.1) is 0 Å². The monoisotopic (exact) mass is 304 g/mol. The Balaban J connectivity index is 2.19. The van der Waals surface area contributed by atoms with E-state index in [4.69, 9.17) is 10.5 Å². The predicted molar refractivity (Wildman–Crippen MR) is 82.0 cm³/mol. The van der Waals surface area contributed by atoms with Crippen LogP contribution in [0.3, 0.4) is 0 Å². The van der Waals surface area contributed by atoms with Gasteiger partial charge in [0.1, 0.15) is 5.75 Å².